The Balaban J connectivity index is 2.15. The van der Waals surface area contributed by atoms with Gasteiger partial charge < -0.3 is 4.90 Å². The summed E-state index contributed by atoms with van der Waals surface area (Å²) >= 11 is 0. The maximum atomic E-state index is 12.1. The maximum absolute atomic E-state index is 12.1. The standard InChI is InChI=1S/C14H20N2O2S/c1-10-4-5-13-11(8-10)12-9-15(2)7-6-14(12)16(13)19(3,17)18/h4-5,8,12,14H,6-7,9H2,1-3H3/p+1/t12-,14+/m1/s1. The van der Waals surface area contributed by atoms with E-state index in [0.29, 0.717) is 5.92 Å². The van der Waals surface area contributed by atoms with Crippen molar-refractivity contribution >= 4 is 15.7 Å². The quantitative estimate of drug-likeness (QED) is 0.796. The predicted molar refractivity (Wildman–Crippen MR) is 76.3 cm³/mol. The molecule has 1 aromatic carbocycles. The Labute approximate surface area is 115 Å². The predicted octanol–water partition coefficient (Wildman–Crippen LogP) is 0.145. The van der Waals surface area contributed by atoms with Gasteiger partial charge >= 0.3 is 0 Å². The zero-order valence-electron chi connectivity index (χ0n) is 11.7. The van der Waals surface area contributed by atoms with E-state index in [9.17, 15) is 8.42 Å². The summed E-state index contributed by atoms with van der Waals surface area (Å²) in [5.74, 6) is 0.346. The number of sulfonamides is 1. The molecule has 3 atom stereocenters. The van der Waals surface area contributed by atoms with Crippen LogP contribution in [0.15, 0.2) is 18.2 Å². The number of hydrogen-bond acceptors (Lipinski definition) is 2. The number of piperidine rings is 1. The zero-order chi connectivity index (χ0) is 13.8. The van der Waals surface area contributed by atoms with Gasteiger partial charge in [0.1, 0.15) is 0 Å². The lowest BCUT2D eigenvalue weighted by Gasteiger charge is -2.34. The highest BCUT2D eigenvalue weighted by atomic mass is 32.2. The van der Waals surface area contributed by atoms with Crippen molar-refractivity contribution in [3.63, 3.8) is 0 Å². The third-order valence-electron chi connectivity index (χ3n) is 4.38. The van der Waals surface area contributed by atoms with Crippen molar-refractivity contribution in [3.05, 3.63) is 29.3 Å². The minimum atomic E-state index is -3.19. The molecule has 3 rings (SSSR count). The molecule has 0 radical (unpaired) electrons. The summed E-state index contributed by atoms with van der Waals surface area (Å²) in [6.07, 6.45) is 2.27. The first kappa shape index (κ1) is 12.9. The van der Waals surface area contributed by atoms with Crippen LogP contribution in [0.2, 0.25) is 0 Å². The molecule has 0 saturated carbocycles. The molecule has 0 amide bonds. The average molecular weight is 281 g/mol. The first-order valence-corrected chi connectivity index (χ1v) is 8.64. The van der Waals surface area contributed by atoms with Crippen molar-refractivity contribution in [1.29, 1.82) is 0 Å². The van der Waals surface area contributed by atoms with Gasteiger partial charge in [-0.3, -0.25) is 4.31 Å². The van der Waals surface area contributed by atoms with E-state index in [1.165, 1.54) is 22.3 Å². The van der Waals surface area contributed by atoms with E-state index in [2.05, 4.69) is 20.0 Å². The molecule has 1 saturated heterocycles. The number of likely N-dealkylation sites (N-methyl/N-ethyl adjacent to an activating group) is 1. The molecule has 1 N–H and O–H groups in total. The normalized spacial score (nSPS) is 30.1. The number of nitrogens with zero attached hydrogens (tertiary/aromatic N) is 1. The Hall–Kier alpha value is -1.07. The lowest BCUT2D eigenvalue weighted by Crippen LogP contribution is -3.11. The second-order valence-electron chi connectivity index (χ2n) is 5.99. The third-order valence-corrected chi connectivity index (χ3v) is 5.56. The Morgan fingerprint density at radius 1 is 1.37 bits per heavy atom. The molecule has 2 heterocycles. The summed E-state index contributed by atoms with van der Waals surface area (Å²) in [7, 11) is -1.00. The van der Waals surface area contributed by atoms with Gasteiger partial charge in [-0.05, 0) is 18.6 Å². The molecule has 1 fully saturated rings. The van der Waals surface area contributed by atoms with Crippen molar-refractivity contribution in [3.8, 4) is 0 Å². The van der Waals surface area contributed by atoms with E-state index in [0.717, 1.165) is 25.2 Å². The second-order valence-corrected chi connectivity index (χ2v) is 7.85. The van der Waals surface area contributed by atoms with E-state index in [-0.39, 0.29) is 6.04 Å². The Kier molecular flexibility index (Phi) is 2.87. The molecule has 1 unspecified atom stereocenters. The van der Waals surface area contributed by atoms with Crippen LogP contribution in [0.5, 0.6) is 0 Å². The fourth-order valence-corrected chi connectivity index (χ4v) is 4.85. The highest BCUT2D eigenvalue weighted by Gasteiger charge is 2.46. The molecule has 0 bridgehead atoms. The fourth-order valence-electron chi connectivity index (χ4n) is 3.58. The molecule has 0 aromatic heterocycles. The van der Waals surface area contributed by atoms with Gasteiger partial charge in [-0.1, -0.05) is 17.7 Å². The van der Waals surface area contributed by atoms with Gasteiger partial charge in [0.05, 0.1) is 44.0 Å². The van der Waals surface area contributed by atoms with Crippen LogP contribution in [-0.4, -0.2) is 40.9 Å². The Bertz CT molecular complexity index is 612. The summed E-state index contributed by atoms with van der Waals surface area (Å²) in [6.45, 7) is 4.13. The van der Waals surface area contributed by atoms with E-state index in [1.807, 2.05) is 12.1 Å². The number of rotatable bonds is 1. The summed E-state index contributed by atoms with van der Waals surface area (Å²) in [5.41, 5.74) is 3.32. The molecule has 1 aromatic rings. The Morgan fingerprint density at radius 2 is 2.11 bits per heavy atom. The van der Waals surface area contributed by atoms with Gasteiger partial charge in [-0.15, -0.1) is 0 Å². The van der Waals surface area contributed by atoms with Crippen molar-refractivity contribution in [2.75, 3.05) is 30.7 Å². The third kappa shape index (κ3) is 2.05. The van der Waals surface area contributed by atoms with Crippen LogP contribution in [0.1, 0.15) is 23.5 Å². The van der Waals surface area contributed by atoms with Crippen molar-refractivity contribution in [2.45, 2.75) is 25.3 Å². The number of nitrogens with one attached hydrogen (secondary N) is 1. The molecule has 104 valence electrons. The smallest absolute Gasteiger partial charge is 0.232 e. The SMILES string of the molecule is Cc1ccc2c(c1)[C@H]1C[NH+](C)CC[C@@H]1N2S(C)(=O)=O. The lowest BCUT2D eigenvalue weighted by molar-refractivity contribution is -0.886. The van der Waals surface area contributed by atoms with Crippen LogP contribution in [0.4, 0.5) is 5.69 Å². The van der Waals surface area contributed by atoms with E-state index >= 15 is 0 Å². The molecule has 0 spiro atoms. The zero-order valence-corrected chi connectivity index (χ0v) is 12.5. The highest BCUT2D eigenvalue weighted by molar-refractivity contribution is 7.92. The summed E-state index contributed by atoms with van der Waals surface area (Å²) in [4.78, 5) is 1.49. The van der Waals surface area contributed by atoms with Crippen molar-refractivity contribution < 1.29 is 13.3 Å². The van der Waals surface area contributed by atoms with Crippen LogP contribution in [0.3, 0.4) is 0 Å². The lowest BCUT2D eigenvalue weighted by atomic mass is 9.89. The molecular formula is C14H21N2O2S+. The van der Waals surface area contributed by atoms with E-state index < -0.39 is 10.0 Å². The molecule has 4 nitrogen and oxygen atoms in total. The molecule has 0 aliphatic carbocycles. The van der Waals surface area contributed by atoms with Crippen molar-refractivity contribution in [1.82, 2.24) is 0 Å². The second kappa shape index (κ2) is 4.21. The number of quaternary nitrogens is 1. The van der Waals surface area contributed by atoms with Gasteiger partial charge in [0.25, 0.3) is 0 Å². The Morgan fingerprint density at radius 3 is 2.79 bits per heavy atom. The molecule has 19 heavy (non-hydrogen) atoms. The van der Waals surface area contributed by atoms with Gasteiger partial charge in [0, 0.05) is 6.42 Å². The van der Waals surface area contributed by atoms with Crippen LogP contribution >= 0.6 is 0 Å². The van der Waals surface area contributed by atoms with Crippen molar-refractivity contribution in [2.24, 2.45) is 0 Å². The number of aryl methyl sites for hydroxylation is 1. The van der Waals surface area contributed by atoms with Crippen LogP contribution < -0.4 is 9.21 Å². The van der Waals surface area contributed by atoms with Gasteiger partial charge in [-0.2, -0.15) is 0 Å². The minimum absolute atomic E-state index is 0.121. The van der Waals surface area contributed by atoms with E-state index in [4.69, 9.17) is 0 Å². The first-order valence-electron chi connectivity index (χ1n) is 6.79. The molecule has 2 aliphatic rings. The average Bonchev–Trinajstić information content (AvgIpc) is 2.62. The highest BCUT2D eigenvalue weighted by Crippen LogP contribution is 2.44. The van der Waals surface area contributed by atoms with Crippen LogP contribution in [0, 0.1) is 6.92 Å². The number of fused-ring (bicyclic) bond motifs is 3. The molecule has 2 aliphatic heterocycles. The monoisotopic (exact) mass is 281 g/mol. The van der Waals surface area contributed by atoms with Crippen LogP contribution in [-0.2, 0) is 10.0 Å². The summed E-state index contributed by atoms with van der Waals surface area (Å²) < 4.78 is 25.9. The number of hydrogen-bond donors (Lipinski definition) is 1. The largest absolute Gasteiger partial charge is 0.337 e. The summed E-state index contributed by atoms with van der Waals surface area (Å²) in [5, 5.41) is 0. The number of benzene rings is 1. The van der Waals surface area contributed by atoms with Gasteiger partial charge in [-0.25, -0.2) is 8.42 Å². The number of anilines is 1. The van der Waals surface area contributed by atoms with Gasteiger partial charge in [0.2, 0.25) is 10.0 Å². The first-order chi connectivity index (χ1) is 8.88. The molecular weight excluding hydrogens is 260 g/mol. The maximum Gasteiger partial charge on any atom is 0.232 e. The minimum Gasteiger partial charge on any atom is -0.337 e. The molecule has 5 heteroatoms. The summed E-state index contributed by atoms with van der Waals surface area (Å²) in [6, 6.07) is 6.26. The fraction of sp³-hybridized carbons (Fsp3) is 0.571. The topological polar surface area (TPSA) is 41.8 Å². The van der Waals surface area contributed by atoms with Gasteiger partial charge in [0.15, 0.2) is 0 Å². The number of likely N-dealkylation sites (tertiary alicyclic amines) is 1. The van der Waals surface area contributed by atoms with Crippen LogP contribution in [0.25, 0.3) is 0 Å². The van der Waals surface area contributed by atoms with E-state index in [1.54, 1.807) is 4.31 Å².